The van der Waals surface area contributed by atoms with Gasteiger partial charge in [-0.15, -0.1) is 0 Å². The van der Waals surface area contributed by atoms with Gasteiger partial charge in [0.15, 0.2) is 0 Å². The summed E-state index contributed by atoms with van der Waals surface area (Å²) in [6.07, 6.45) is 5.16. The molecule has 92 valence electrons. The maximum atomic E-state index is 3.48. The first kappa shape index (κ1) is 14.9. The number of unbranched alkanes of at least 4 members (excludes halogenated alkanes) is 2. The van der Waals surface area contributed by atoms with Crippen molar-refractivity contribution in [3.05, 3.63) is 0 Å². The van der Waals surface area contributed by atoms with Crippen LogP contribution in [0.15, 0.2) is 0 Å². The molecule has 0 aromatic heterocycles. The van der Waals surface area contributed by atoms with Gasteiger partial charge in [-0.1, -0.05) is 13.8 Å². The van der Waals surface area contributed by atoms with E-state index in [1.54, 1.807) is 0 Å². The summed E-state index contributed by atoms with van der Waals surface area (Å²) >= 11 is 0. The molecule has 0 aliphatic carbocycles. The molecule has 0 unspecified atom stereocenters. The van der Waals surface area contributed by atoms with Crippen molar-refractivity contribution in [1.29, 1.82) is 0 Å². The predicted octanol–water partition coefficient (Wildman–Crippen LogP) is 1.36. The van der Waals surface area contributed by atoms with Gasteiger partial charge < -0.3 is 16.0 Å². The Bertz CT molecular complexity index is 95.0. The van der Waals surface area contributed by atoms with Crippen LogP contribution in [0.1, 0.15) is 39.5 Å². The number of nitrogens with one attached hydrogen (secondary N) is 3. The van der Waals surface area contributed by atoms with Crippen molar-refractivity contribution in [2.24, 2.45) is 0 Å². The van der Waals surface area contributed by atoms with Crippen LogP contribution in [-0.2, 0) is 0 Å². The summed E-state index contributed by atoms with van der Waals surface area (Å²) in [4.78, 5) is 0. The van der Waals surface area contributed by atoms with Gasteiger partial charge in [0, 0.05) is 0 Å². The first-order valence-electron chi connectivity index (χ1n) is 6.54. The van der Waals surface area contributed by atoms with Gasteiger partial charge in [0.1, 0.15) is 0 Å². The Hall–Kier alpha value is -0.120. The molecule has 0 saturated carbocycles. The van der Waals surface area contributed by atoms with Gasteiger partial charge in [-0.25, -0.2) is 0 Å². The van der Waals surface area contributed by atoms with Crippen LogP contribution in [0.5, 0.6) is 0 Å². The summed E-state index contributed by atoms with van der Waals surface area (Å²) in [6.45, 7) is 11.2. The molecule has 0 radical (unpaired) electrons. The third-order valence-corrected chi connectivity index (χ3v) is 2.41. The Kier molecular flexibility index (Phi) is 13.8. The maximum absolute atomic E-state index is 3.48. The molecule has 0 fully saturated rings. The van der Waals surface area contributed by atoms with E-state index in [0.717, 1.165) is 13.1 Å². The maximum Gasteiger partial charge on any atom is -0.00484 e. The van der Waals surface area contributed by atoms with Gasteiger partial charge in [0.25, 0.3) is 0 Å². The SMILES string of the molecule is CCNCCCCNCCCCNCC. The highest BCUT2D eigenvalue weighted by atomic mass is 14.9. The summed E-state index contributed by atoms with van der Waals surface area (Å²) in [5.41, 5.74) is 0. The van der Waals surface area contributed by atoms with E-state index in [9.17, 15) is 0 Å². The summed E-state index contributed by atoms with van der Waals surface area (Å²) in [6, 6.07) is 0. The Balaban J connectivity index is 2.81. The fourth-order valence-corrected chi connectivity index (χ4v) is 1.48. The van der Waals surface area contributed by atoms with Gasteiger partial charge in [0.05, 0.1) is 0 Å². The largest absolute Gasteiger partial charge is 0.317 e. The molecule has 0 aliphatic heterocycles. The number of hydrogen-bond donors (Lipinski definition) is 3. The lowest BCUT2D eigenvalue weighted by atomic mass is 10.3. The van der Waals surface area contributed by atoms with Crippen LogP contribution in [-0.4, -0.2) is 39.3 Å². The minimum Gasteiger partial charge on any atom is -0.317 e. The molecule has 0 atom stereocenters. The Morgan fingerprint density at radius 3 is 1.20 bits per heavy atom. The second kappa shape index (κ2) is 13.9. The van der Waals surface area contributed by atoms with E-state index in [2.05, 4.69) is 29.8 Å². The zero-order valence-electron chi connectivity index (χ0n) is 10.6. The van der Waals surface area contributed by atoms with Crippen LogP contribution in [0, 0.1) is 0 Å². The molecular weight excluding hydrogens is 186 g/mol. The summed E-state index contributed by atoms with van der Waals surface area (Å²) in [5.74, 6) is 0. The van der Waals surface area contributed by atoms with Crippen LogP contribution in [0.25, 0.3) is 0 Å². The first-order chi connectivity index (χ1) is 7.41. The molecule has 0 aromatic carbocycles. The van der Waals surface area contributed by atoms with Gasteiger partial charge in [-0.2, -0.15) is 0 Å². The van der Waals surface area contributed by atoms with Gasteiger partial charge >= 0.3 is 0 Å². The molecule has 3 N–H and O–H groups in total. The standard InChI is InChI=1S/C12H29N3/c1-3-13-9-5-7-11-15-12-8-6-10-14-4-2/h13-15H,3-12H2,1-2H3. The Morgan fingerprint density at radius 1 is 0.533 bits per heavy atom. The molecular formula is C12H29N3. The van der Waals surface area contributed by atoms with Crippen LogP contribution in [0.2, 0.25) is 0 Å². The third kappa shape index (κ3) is 13.9. The quantitative estimate of drug-likeness (QED) is 0.430. The van der Waals surface area contributed by atoms with Gasteiger partial charge in [-0.05, 0) is 65.0 Å². The average molecular weight is 215 g/mol. The predicted molar refractivity (Wildman–Crippen MR) is 68.4 cm³/mol. The van der Waals surface area contributed by atoms with Crippen molar-refractivity contribution in [3.63, 3.8) is 0 Å². The molecule has 0 aromatic rings. The van der Waals surface area contributed by atoms with Crippen LogP contribution in [0.3, 0.4) is 0 Å². The lowest BCUT2D eigenvalue weighted by Gasteiger charge is -2.05. The van der Waals surface area contributed by atoms with E-state index in [0.29, 0.717) is 0 Å². The Morgan fingerprint density at radius 2 is 0.867 bits per heavy atom. The zero-order valence-corrected chi connectivity index (χ0v) is 10.6. The minimum absolute atomic E-state index is 1.10. The van der Waals surface area contributed by atoms with E-state index < -0.39 is 0 Å². The minimum atomic E-state index is 1.10. The molecule has 0 spiro atoms. The van der Waals surface area contributed by atoms with E-state index in [-0.39, 0.29) is 0 Å². The summed E-state index contributed by atoms with van der Waals surface area (Å²) < 4.78 is 0. The highest BCUT2D eigenvalue weighted by molar-refractivity contribution is 4.52. The molecule has 0 aliphatic rings. The number of rotatable bonds is 12. The Labute approximate surface area is 95.4 Å². The lowest BCUT2D eigenvalue weighted by molar-refractivity contribution is 0.561. The second-order valence-electron chi connectivity index (χ2n) is 3.87. The van der Waals surface area contributed by atoms with E-state index in [1.165, 1.54) is 51.9 Å². The molecule has 3 nitrogen and oxygen atoms in total. The average Bonchev–Trinajstić information content (AvgIpc) is 2.26. The topological polar surface area (TPSA) is 36.1 Å². The van der Waals surface area contributed by atoms with E-state index >= 15 is 0 Å². The monoisotopic (exact) mass is 215 g/mol. The first-order valence-corrected chi connectivity index (χ1v) is 6.54. The highest BCUT2D eigenvalue weighted by Crippen LogP contribution is 1.87. The van der Waals surface area contributed by atoms with Gasteiger partial charge in [0.2, 0.25) is 0 Å². The van der Waals surface area contributed by atoms with E-state index in [1.807, 2.05) is 0 Å². The lowest BCUT2D eigenvalue weighted by Crippen LogP contribution is -2.21. The van der Waals surface area contributed by atoms with Crippen molar-refractivity contribution in [3.8, 4) is 0 Å². The van der Waals surface area contributed by atoms with Crippen LogP contribution >= 0.6 is 0 Å². The van der Waals surface area contributed by atoms with Crippen LogP contribution in [0.4, 0.5) is 0 Å². The van der Waals surface area contributed by atoms with E-state index in [4.69, 9.17) is 0 Å². The van der Waals surface area contributed by atoms with Crippen molar-refractivity contribution < 1.29 is 0 Å². The molecule has 0 rings (SSSR count). The van der Waals surface area contributed by atoms with Crippen molar-refractivity contribution in [1.82, 2.24) is 16.0 Å². The summed E-state index contributed by atoms with van der Waals surface area (Å²) in [5, 5.41) is 10.2. The van der Waals surface area contributed by atoms with Gasteiger partial charge in [-0.3, -0.25) is 0 Å². The number of hydrogen-bond acceptors (Lipinski definition) is 3. The van der Waals surface area contributed by atoms with Crippen molar-refractivity contribution >= 4 is 0 Å². The second-order valence-corrected chi connectivity index (χ2v) is 3.87. The molecule has 0 saturated heterocycles. The third-order valence-electron chi connectivity index (χ3n) is 2.41. The zero-order chi connectivity index (χ0) is 11.2. The normalized spacial score (nSPS) is 10.8. The van der Waals surface area contributed by atoms with Crippen LogP contribution < -0.4 is 16.0 Å². The van der Waals surface area contributed by atoms with Crippen molar-refractivity contribution in [2.75, 3.05) is 39.3 Å². The molecule has 15 heavy (non-hydrogen) atoms. The highest BCUT2D eigenvalue weighted by Gasteiger charge is 1.90. The smallest absolute Gasteiger partial charge is 0.00484 e. The summed E-state index contributed by atoms with van der Waals surface area (Å²) in [7, 11) is 0. The molecule has 0 heterocycles. The molecule has 0 bridgehead atoms. The van der Waals surface area contributed by atoms with Crippen molar-refractivity contribution in [2.45, 2.75) is 39.5 Å². The molecule has 0 amide bonds. The fourth-order valence-electron chi connectivity index (χ4n) is 1.48. The fraction of sp³-hybridized carbons (Fsp3) is 1.00. The molecule has 3 heteroatoms.